The van der Waals surface area contributed by atoms with E-state index in [0.717, 1.165) is 21.6 Å². The monoisotopic (exact) mass is 289 g/mol. The maximum absolute atomic E-state index is 13.1. The number of hydrogen-bond acceptors (Lipinski definition) is 5. The van der Waals surface area contributed by atoms with Gasteiger partial charge in [0.15, 0.2) is 0 Å². The van der Waals surface area contributed by atoms with Crippen LogP contribution in [0.5, 0.6) is 0 Å². The first-order valence-electron chi connectivity index (χ1n) is 6.01. The SMILES string of the molecule is Cc1cc(-c2nc(-c3ccc(F)cc3C)no2)c(N)s1. The number of halogens is 1. The molecule has 0 aliphatic heterocycles. The summed E-state index contributed by atoms with van der Waals surface area (Å²) in [6, 6.07) is 6.37. The van der Waals surface area contributed by atoms with Crippen LogP contribution in [0.3, 0.4) is 0 Å². The lowest BCUT2D eigenvalue weighted by molar-refractivity contribution is 0.432. The average molecular weight is 289 g/mol. The van der Waals surface area contributed by atoms with Gasteiger partial charge >= 0.3 is 0 Å². The van der Waals surface area contributed by atoms with Gasteiger partial charge in [0.25, 0.3) is 5.89 Å². The fraction of sp³-hybridized carbons (Fsp3) is 0.143. The number of benzene rings is 1. The lowest BCUT2D eigenvalue weighted by Crippen LogP contribution is -1.87. The number of hydrogen-bond donors (Lipinski definition) is 1. The van der Waals surface area contributed by atoms with Crippen LogP contribution >= 0.6 is 11.3 Å². The summed E-state index contributed by atoms with van der Waals surface area (Å²) in [7, 11) is 0. The largest absolute Gasteiger partial charge is 0.390 e. The van der Waals surface area contributed by atoms with Crippen molar-refractivity contribution in [3.05, 3.63) is 40.5 Å². The third-order valence-corrected chi connectivity index (χ3v) is 3.85. The van der Waals surface area contributed by atoms with Crippen LogP contribution in [0.1, 0.15) is 10.4 Å². The number of nitrogens with zero attached hydrogens (tertiary/aromatic N) is 2. The van der Waals surface area contributed by atoms with Gasteiger partial charge in [-0.15, -0.1) is 11.3 Å². The van der Waals surface area contributed by atoms with Gasteiger partial charge < -0.3 is 10.3 Å². The fourth-order valence-corrected chi connectivity index (χ4v) is 2.80. The molecule has 2 heterocycles. The van der Waals surface area contributed by atoms with Gasteiger partial charge in [-0.1, -0.05) is 5.16 Å². The zero-order chi connectivity index (χ0) is 14.3. The summed E-state index contributed by atoms with van der Waals surface area (Å²) in [4.78, 5) is 5.42. The zero-order valence-corrected chi connectivity index (χ0v) is 11.8. The minimum atomic E-state index is -0.285. The smallest absolute Gasteiger partial charge is 0.261 e. The van der Waals surface area contributed by atoms with E-state index in [0.29, 0.717) is 16.7 Å². The molecule has 3 rings (SSSR count). The van der Waals surface area contributed by atoms with E-state index in [9.17, 15) is 4.39 Å². The van der Waals surface area contributed by atoms with E-state index in [4.69, 9.17) is 10.3 Å². The quantitative estimate of drug-likeness (QED) is 0.779. The number of rotatable bonds is 2. The summed E-state index contributed by atoms with van der Waals surface area (Å²) in [5.41, 5.74) is 8.15. The highest BCUT2D eigenvalue weighted by molar-refractivity contribution is 7.16. The van der Waals surface area contributed by atoms with Crippen LogP contribution < -0.4 is 5.73 Å². The predicted molar refractivity (Wildman–Crippen MR) is 76.9 cm³/mol. The van der Waals surface area contributed by atoms with Gasteiger partial charge in [-0.05, 0) is 43.7 Å². The van der Waals surface area contributed by atoms with Crippen LogP contribution in [0, 0.1) is 19.7 Å². The molecule has 6 heteroatoms. The zero-order valence-electron chi connectivity index (χ0n) is 11.0. The molecule has 20 heavy (non-hydrogen) atoms. The molecule has 0 bridgehead atoms. The van der Waals surface area contributed by atoms with Gasteiger partial charge in [0.05, 0.1) is 10.6 Å². The van der Waals surface area contributed by atoms with Crippen LogP contribution in [0.25, 0.3) is 22.8 Å². The third-order valence-electron chi connectivity index (χ3n) is 2.97. The molecule has 0 saturated carbocycles. The van der Waals surface area contributed by atoms with E-state index in [1.807, 2.05) is 13.0 Å². The summed E-state index contributed by atoms with van der Waals surface area (Å²) in [5.74, 6) is 0.527. The van der Waals surface area contributed by atoms with Crippen LogP contribution in [0.2, 0.25) is 0 Å². The molecule has 0 fully saturated rings. The van der Waals surface area contributed by atoms with Crippen molar-refractivity contribution < 1.29 is 8.91 Å². The Labute approximate surface area is 119 Å². The minimum Gasteiger partial charge on any atom is -0.390 e. The molecule has 0 atom stereocenters. The third kappa shape index (κ3) is 2.18. The Morgan fingerprint density at radius 2 is 2.00 bits per heavy atom. The van der Waals surface area contributed by atoms with Crippen molar-refractivity contribution in [3.63, 3.8) is 0 Å². The number of thiophene rings is 1. The molecule has 1 aromatic carbocycles. The van der Waals surface area contributed by atoms with Gasteiger partial charge in [0, 0.05) is 10.4 Å². The molecule has 0 unspecified atom stereocenters. The van der Waals surface area contributed by atoms with Crippen molar-refractivity contribution in [1.29, 1.82) is 0 Å². The summed E-state index contributed by atoms with van der Waals surface area (Å²) in [6.45, 7) is 3.77. The molecule has 2 aromatic heterocycles. The highest BCUT2D eigenvalue weighted by Crippen LogP contribution is 2.33. The lowest BCUT2D eigenvalue weighted by Gasteiger charge is -1.99. The summed E-state index contributed by atoms with van der Waals surface area (Å²) in [5, 5.41) is 4.59. The van der Waals surface area contributed by atoms with Crippen LogP contribution in [0.15, 0.2) is 28.8 Å². The molecule has 4 nitrogen and oxygen atoms in total. The van der Waals surface area contributed by atoms with Crippen LogP contribution in [-0.2, 0) is 0 Å². The molecule has 0 amide bonds. The van der Waals surface area contributed by atoms with E-state index in [1.54, 1.807) is 13.0 Å². The molecular formula is C14H12FN3OS. The van der Waals surface area contributed by atoms with Crippen molar-refractivity contribution in [2.24, 2.45) is 0 Å². The second-order valence-corrected chi connectivity index (χ2v) is 5.81. The summed E-state index contributed by atoms with van der Waals surface area (Å²) < 4.78 is 18.4. The maximum Gasteiger partial charge on any atom is 0.261 e. The van der Waals surface area contributed by atoms with E-state index >= 15 is 0 Å². The highest BCUT2D eigenvalue weighted by Gasteiger charge is 2.16. The van der Waals surface area contributed by atoms with E-state index in [-0.39, 0.29) is 5.82 Å². The number of nitrogens with two attached hydrogens (primary N) is 1. The van der Waals surface area contributed by atoms with E-state index in [2.05, 4.69) is 10.1 Å². The highest BCUT2D eigenvalue weighted by atomic mass is 32.1. The molecule has 2 N–H and O–H groups in total. The second kappa shape index (κ2) is 4.72. The number of aryl methyl sites for hydroxylation is 2. The van der Waals surface area contributed by atoms with E-state index in [1.165, 1.54) is 23.5 Å². The Morgan fingerprint density at radius 1 is 1.20 bits per heavy atom. The Bertz CT molecular complexity index is 779. The number of anilines is 1. The second-order valence-electron chi connectivity index (χ2n) is 4.52. The fourth-order valence-electron chi connectivity index (χ4n) is 2.02. The molecular weight excluding hydrogens is 277 g/mol. The molecule has 102 valence electrons. The van der Waals surface area contributed by atoms with Crippen LogP contribution in [0.4, 0.5) is 9.39 Å². The van der Waals surface area contributed by atoms with E-state index < -0.39 is 0 Å². The Hall–Kier alpha value is -2.21. The van der Waals surface area contributed by atoms with Crippen molar-refractivity contribution >= 4 is 16.3 Å². The molecule has 0 saturated heterocycles. The van der Waals surface area contributed by atoms with Crippen molar-refractivity contribution in [3.8, 4) is 22.8 Å². The maximum atomic E-state index is 13.1. The van der Waals surface area contributed by atoms with Crippen molar-refractivity contribution in [2.45, 2.75) is 13.8 Å². The Morgan fingerprint density at radius 3 is 2.65 bits per heavy atom. The first kappa shape index (κ1) is 12.8. The lowest BCUT2D eigenvalue weighted by atomic mass is 10.1. The molecule has 3 aromatic rings. The van der Waals surface area contributed by atoms with Crippen molar-refractivity contribution in [2.75, 3.05) is 5.73 Å². The normalized spacial score (nSPS) is 10.9. The first-order valence-corrected chi connectivity index (χ1v) is 6.83. The number of nitrogen functional groups attached to an aromatic ring is 1. The van der Waals surface area contributed by atoms with Gasteiger partial charge in [0.1, 0.15) is 5.82 Å². The Balaban J connectivity index is 2.04. The van der Waals surface area contributed by atoms with Crippen molar-refractivity contribution in [1.82, 2.24) is 10.1 Å². The molecule has 0 radical (unpaired) electrons. The molecule has 0 aliphatic rings. The van der Waals surface area contributed by atoms with Crippen LogP contribution in [-0.4, -0.2) is 10.1 Å². The average Bonchev–Trinajstić information content (AvgIpc) is 2.96. The van der Waals surface area contributed by atoms with Gasteiger partial charge in [-0.2, -0.15) is 4.98 Å². The summed E-state index contributed by atoms with van der Waals surface area (Å²) in [6.07, 6.45) is 0. The van der Waals surface area contributed by atoms with Gasteiger partial charge in [-0.25, -0.2) is 4.39 Å². The first-order chi connectivity index (χ1) is 9.54. The van der Waals surface area contributed by atoms with Gasteiger partial charge in [-0.3, -0.25) is 0 Å². The standard InChI is InChI=1S/C14H12FN3OS/c1-7-5-9(15)3-4-10(7)13-17-14(19-18-13)11-6-8(2)20-12(11)16/h3-6H,16H2,1-2H3. The topological polar surface area (TPSA) is 64.9 Å². The Kier molecular flexibility index (Phi) is 3.02. The molecule has 0 aliphatic carbocycles. The molecule has 0 spiro atoms. The minimum absolute atomic E-state index is 0.285. The van der Waals surface area contributed by atoms with Gasteiger partial charge in [0.2, 0.25) is 5.82 Å². The summed E-state index contributed by atoms with van der Waals surface area (Å²) >= 11 is 1.47. The number of aromatic nitrogens is 2. The predicted octanol–water partition coefficient (Wildman–Crippen LogP) is 3.80.